The molecule has 1 aliphatic rings. The Bertz CT molecular complexity index is 356. The van der Waals surface area contributed by atoms with Crippen LogP contribution in [0.25, 0.3) is 0 Å². The molecule has 2 nitrogen and oxygen atoms in total. The Morgan fingerprint density at radius 1 is 1.28 bits per heavy atom. The number of hydrogen-bond acceptors (Lipinski definition) is 2. The minimum absolute atomic E-state index is 0.181. The lowest BCUT2D eigenvalue weighted by atomic mass is 10.1. The number of benzene rings is 1. The molecule has 1 fully saturated rings. The maximum absolute atomic E-state index is 9.52. The van der Waals surface area contributed by atoms with E-state index in [1.807, 2.05) is 6.92 Å². The van der Waals surface area contributed by atoms with E-state index >= 15 is 0 Å². The summed E-state index contributed by atoms with van der Waals surface area (Å²) >= 11 is 0. The molecule has 3 atom stereocenters. The lowest BCUT2D eigenvalue weighted by molar-refractivity contribution is 0.169. The Morgan fingerprint density at radius 3 is 2.56 bits per heavy atom. The summed E-state index contributed by atoms with van der Waals surface area (Å²) in [5.41, 5.74) is 1.34. The predicted molar refractivity (Wildman–Crippen MR) is 74.0 cm³/mol. The van der Waals surface area contributed by atoms with Crippen molar-refractivity contribution in [1.29, 1.82) is 0 Å². The summed E-state index contributed by atoms with van der Waals surface area (Å²) in [5.74, 6) is 1.98. The van der Waals surface area contributed by atoms with Crippen LogP contribution in [0.1, 0.15) is 51.0 Å². The van der Waals surface area contributed by atoms with Gasteiger partial charge in [0.1, 0.15) is 5.75 Å². The van der Waals surface area contributed by atoms with E-state index in [-0.39, 0.29) is 6.10 Å². The SMILES string of the molecule is CCCCCOc1ccc(C2CC2C(C)O)cc1. The molecular formula is C16H24O2. The number of ether oxygens (including phenoxy) is 1. The highest BCUT2D eigenvalue weighted by molar-refractivity contribution is 5.32. The molecule has 18 heavy (non-hydrogen) atoms. The number of aliphatic hydroxyl groups excluding tert-OH is 1. The summed E-state index contributed by atoms with van der Waals surface area (Å²) in [4.78, 5) is 0. The molecule has 0 spiro atoms. The zero-order valence-corrected chi connectivity index (χ0v) is 11.4. The van der Waals surface area contributed by atoms with Crippen molar-refractivity contribution in [2.75, 3.05) is 6.61 Å². The van der Waals surface area contributed by atoms with Gasteiger partial charge < -0.3 is 9.84 Å². The molecule has 0 amide bonds. The van der Waals surface area contributed by atoms with E-state index in [4.69, 9.17) is 4.74 Å². The third kappa shape index (κ3) is 3.49. The first kappa shape index (κ1) is 13.4. The first-order chi connectivity index (χ1) is 8.72. The molecule has 1 aromatic carbocycles. The number of unbranched alkanes of at least 4 members (excludes halogenated alkanes) is 2. The van der Waals surface area contributed by atoms with Gasteiger partial charge in [-0.3, -0.25) is 0 Å². The quantitative estimate of drug-likeness (QED) is 0.745. The molecule has 1 aromatic rings. The second-order valence-electron chi connectivity index (χ2n) is 5.37. The number of aliphatic hydroxyl groups is 1. The van der Waals surface area contributed by atoms with E-state index in [1.54, 1.807) is 0 Å². The van der Waals surface area contributed by atoms with Crippen molar-refractivity contribution >= 4 is 0 Å². The summed E-state index contributed by atoms with van der Waals surface area (Å²) in [5, 5.41) is 9.52. The lowest BCUT2D eigenvalue weighted by Crippen LogP contribution is -2.03. The van der Waals surface area contributed by atoms with Gasteiger partial charge in [-0.05, 0) is 49.3 Å². The lowest BCUT2D eigenvalue weighted by Gasteiger charge is -2.07. The third-order valence-corrected chi connectivity index (χ3v) is 3.78. The molecule has 2 rings (SSSR count). The van der Waals surface area contributed by atoms with Crippen LogP contribution in [0, 0.1) is 5.92 Å². The Kier molecular flexibility index (Phi) is 4.65. The van der Waals surface area contributed by atoms with Gasteiger partial charge >= 0.3 is 0 Å². The Labute approximate surface area is 110 Å². The number of hydrogen-bond donors (Lipinski definition) is 1. The van der Waals surface area contributed by atoms with Crippen LogP contribution >= 0.6 is 0 Å². The molecule has 0 heterocycles. The van der Waals surface area contributed by atoms with E-state index < -0.39 is 0 Å². The van der Waals surface area contributed by atoms with Gasteiger partial charge in [-0.2, -0.15) is 0 Å². The predicted octanol–water partition coefficient (Wildman–Crippen LogP) is 3.74. The van der Waals surface area contributed by atoms with E-state index in [9.17, 15) is 5.11 Å². The first-order valence-corrected chi connectivity index (χ1v) is 7.13. The Morgan fingerprint density at radius 2 is 2.00 bits per heavy atom. The summed E-state index contributed by atoms with van der Waals surface area (Å²) < 4.78 is 5.69. The standard InChI is InChI=1S/C16H24O2/c1-3-4-5-10-18-14-8-6-13(7-9-14)16-11-15(16)12(2)17/h6-9,12,15-17H,3-5,10-11H2,1-2H3. The molecule has 3 unspecified atom stereocenters. The summed E-state index contributed by atoms with van der Waals surface area (Å²) in [6.07, 6.45) is 4.53. The van der Waals surface area contributed by atoms with Gasteiger partial charge in [-0.1, -0.05) is 31.9 Å². The zero-order chi connectivity index (χ0) is 13.0. The van der Waals surface area contributed by atoms with Gasteiger partial charge in [0, 0.05) is 0 Å². The van der Waals surface area contributed by atoms with Gasteiger partial charge in [0.05, 0.1) is 12.7 Å². The topological polar surface area (TPSA) is 29.5 Å². The normalized spacial score (nSPS) is 23.7. The second kappa shape index (κ2) is 6.24. The average molecular weight is 248 g/mol. The van der Waals surface area contributed by atoms with Crippen LogP contribution in [0.3, 0.4) is 0 Å². The van der Waals surface area contributed by atoms with Gasteiger partial charge in [0.25, 0.3) is 0 Å². The van der Waals surface area contributed by atoms with E-state index in [0.29, 0.717) is 11.8 Å². The largest absolute Gasteiger partial charge is 0.494 e. The van der Waals surface area contributed by atoms with E-state index in [2.05, 4.69) is 31.2 Å². The molecule has 1 N–H and O–H groups in total. The van der Waals surface area contributed by atoms with Crippen molar-refractivity contribution < 1.29 is 9.84 Å². The summed E-state index contributed by atoms with van der Waals surface area (Å²) in [7, 11) is 0. The minimum Gasteiger partial charge on any atom is -0.494 e. The molecule has 100 valence electrons. The molecule has 0 radical (unpaired) electrons. The van der Waals surface area contributed by atoms with E-state index in [0.717, 1.165) is 25.2 Å². The number of rotatable bonds is 7. The Hall–Kier alpha value is -1.02. The van der Waals surface area contributed by atoms with Crippen molar-refractivity contribution in [2.24, 2.45) is 5.92 Å². The highest BCUT2D eigenvalue weighted by atomic mass is 16.5. The Balaban J connectivity index is 1.79. The van der Waals surface area contributed by atoms with Crippen LogP contribution in [-0.4, -0.2) is 17.8 Å². The molecule has 0 saturated heterocycles. The van der Waals surface area contributed by atoms with Crippen molar-refractivity contribution in [2.45, 2.75) is 51.6 Å². The summed E-state index contributed by atoms with van der Waals surface area (Å²) in [6.45, 7) is 4.89. The zero-order valence-electron chi connectivity index (χ0n) is 11.4. The van der Waals surface area contributed by atoms with Gasteiger partial charge in [-0.15, -0.1) is 0 Å². The van der Waals surface area contributed by atoms with Crippen LogP contribution in [-0.2, 0) is 0 Å². The highest BCUT2D eigenvalue weighted by Gasteiger charge is 2.41. The third-order valence-electron chi connectivity index (χ3n) is 3.78. The fourth-order valence-corrected chi connectivity index (χ4v) is 2.48. The fourth-order valence-electron chi connectivity index (χ4n) is 2.48. The highest BCUT2D eigenvalue weighted by Crippen LogP contribution is 2.49. The molecular weight excluding hydrogens is 224 g/mol. The fraction of sp³-hybridized carbons (Fsp3) is 0.625. The second-order valence-corrected chi connectivity index (χ2v) is 5.37. The molecule has 1 saturated carbocycles. The van der Waals surface area contributed by atoms with Crippen LogP contribution in [0.4, 0.5) is 0 Å². The van der Waals surface area contributed by atoms with Gasteiger partial charge in [0.15, 0.2) is 0 Å². The van der Waals surface area contributed by atoms with Crippen LogP contribution in [0.2, 0.25) is 0 Å². The van der Waals surface area contributed by atoms with Crippen LogP contribution in [0.5, 0.6) is 5.75 Å². The molecule has 0 aromatic heterocycles. The molecule has 0 bridgehead atoms. The minimum atomic E-state index is -0.181. The van der Waals surface area contributed by atoms with Crippen molar-refractivity contribution in [1.82, 2.24) is 0 Å². The van der Waals surface area contributed by atoms with Crippen LogP contribution < -0.4 is 4.74 Å². The monoisotopic (exact) mass is 248 g/mol. The van der Waals surface area contributed by atoms with E-state index in [1.165, 1.54) is 18.4 Å². The van der Waals surface area contributed by atoms with Crippen LogP contribution in [0.15, 0.2) is 24.3 Å². The smallest absolute Gasteiger partial charge is 0.119 e. The average Bonchev–Trinajstić information content (AvgIpc) is 3.16. The maximum atomic E-state index is 9.52. The van der Waals surface area contributed by atoms with Gasteiger partial charge in [0.2, 0.25) is 0 Å². The van der Waals surface area contributed by atoms with Crippen molar-refractivity contribution in [3.63, 3.8) is 0 Å². The molecule has 0 aliphatic heterocycles. The summed E-state index contributed by atoms with van der Waals surface area (Å²) in [6, 6.07) is 8.39. The molecule has 2 heteroatoms. The first-order valence-electron chi connectivity index (χ1n) is 7.13. The van der Waals surface area contributed by atoms with Crippen molar-refractivity contribution in [3.05, 3.63) is 29.8 Å². The van der Waals surface area contributed by atoms with Crippen molar-refractivity contribution in [3.8, 4) is 5.75 Å². The maximum Gasteiger partial charge on any atom is 0.119 e. The van der Waals surface area contributed by atoms with Gasteiger partial charge in [-0.25, -0.2) is 0 Å². The molecule has 1 aliphatic carbocycles.